The third-order valence-electron chi connectivity index (χ3n) is 5.45. The summed E-state index contributed by atoms with van der Waals surface area (Å²) >= 11 is 6.32. The predicted molar refractivity (Wildman–Crippen MR) is 106 cm³/mol. The molecular formula is C21H24ClN3O2. The number of piperidine rings is 1. The van der Waals surface area contributed by atoms with Gasteiger partial charge in [0.1, 0.15) is 11.9 Å². The SMILES string of the molecule is CN1CCC(C(=O)NC[C@H]2Cc3cc(Cl)cc(-c4ccncc4)c3O2)CC1. The second-order valence-corrected chi connectivity index (χ2v) is 7.88. The van der Waals surface area contributed by atoms with E-state index in [2.05, 4.69) is 22.2 Å². The van der Waals surface area contributed by atoms with Gasteiger partial charge in [0.15, 0.2) is 0 Å². The van der Waals surface area contributed by atoms with Crippen LogP contribution in [0.1, 0.15) is 18.4 Å². The standard InChI is InChI=1S/C21H24ClN3O2/c1-25-8-4-15(5-9-25)21(26)24-13-18-11-16-10-17(22)12-19(20(16)27-18)14-2-6-23-7-3-14/h2-3,6-7,10,12,15,18H,4-5,8-9,11,13H2,1H3,(H,24,26)/t18-/m1/s1. The molecule has 4 rings (SSSR count). The first-order valence-electron chi connectivity index (χ1n) is 9.46. The summed E-state index contributed by atoms with van der Waals surface area (Å²) in [7, 11) is 2.10. The molecule has 1 saturated heterocycles. The van der Waals surface area contributed by atoms with Crippen molar-refractivity contribution in [3.63, 3.8) is 0 Å². The Morgan fingerprint density at radius 2 is 2.04 bits per heavy atom. The van der Waals surface area contributed by atoms with Crippen LogP contribution >= 0.6 is 11.6 Å². The Hall–Kier alpha value is -2.11. The maximum atomic E-state index is 12.5. The van der Waals surface area contributed by atoms with Crippen LogP contribution in [0.5, 0.6) is 5.75 Å². The molecule has 2 aliphatic rings. The molecule has 3 heterocycles. The van der Waals surface area contributed by atoms with Gasteiger partial charge in [0.25, 0.3) is 0 Å². The number of pyridine rings is 1. The number of hydrogen-bond acceptors (Lipinski definition) is 4. The normalized spacial score (nSPS) is 20.1. The third kappa shape index (κ3) is 4.09. The molecule has 0 saturated carbocycles. The van der Waals surface area contributed by atoms with Crippen molar-refractivity contribution in [2.45, 2.75) is 25.4 Å². The van der Waals surface area contributed by atoms with Crippen LogP contribution in [0, 0.1) is 5.92 Å². The Kier molecular flexibility index (Phi) is 5.32. The first-order chi connectivity index (χ1) is 13.1. The van der Waals surface area contributed by atoms with E-state index in [0.717, 1.165) is 54.8 Å². The molecule has 1 N–H and O–H groups in total. The summed E-state index contributed by atoms with van der Waals surface area (Å²) in [5.74, 6) is 1.13. The second kappa shape index (κ2) is 7.87. The van der Waals surface area contributed by atoms with Crippen LogP contribution in [0.3, 0.4) is 0 Å². The number of carbonyl (C=O) groups excluding carboxylic acids is 1. The Morgan fingerprint density at radius 1 is 1.30 bits per heavy atom. The average molecular weight is 386 g/mol. The van der Waals surface area contributed by atoms with Gasteiger partial charge >= 0.3 is 0 Å². The van der Waals surface area contributed by atoms with Gasteiger partial charge in [-0.1, -0.05) is 11.6 Å². The highest BCUT2D eigenvalue weighted by Gasteiger charge is 2.29. The van der Waals surface area contributed by atoms with Crippen molar-refractivity contribution < 1.29 is 9.53 Å². The Balaban J connectivity index is 1.42. The van der Waals surface area contributed by atoms with E-state index >= 15 is 0 Å². The number of likely N-dealkylation sites (tertiary alicyclic amines) is 1. The lowest BCUT2D eigenvalue weighted by Crippen LogP contribution is -2.42. The van der Waals surface area contributed by atoms with Gasteiger partial charge in [0, 0.05) is 40.9 Å². The van der Waals surface area contributed by atoms with Crippen LogP contribution in [0.2, 0.25) is 5.02 Å². The van der Waals surface area contributed by atoms with E-state index in [0.29, 0.717) is 11.6 Å². The van der Waals surface area contributed by atoms with Crippen molar-refractivity contribution in [1.82, 2.24) is 15.2 Å². The third-order valence-corrected chi connectivity index (χ3v) is 5.67. The Bertz CT molecular complexity index is 820. The van der Waals surface area contributed by atoms with Gasteiger partial charge in [-0.2, -0.15) is 0 Å². The van der Waals surface area contributed by atoms with E-state index in [4.69, 9.17) is 16.3 Å². The summed E-state index contributed by atoms with van der Waals surface area (Å²) < 4.78 is 6.20. The molecule has 0 aliphatic carbocycles. The number of hydrogen-bond donors (Lipinski definition) is 1. The fraction of sp³-hybridized carbons (Fsp3) is 0.429. The summed E-state index contributed by atoms with van der Waals surface area (Å²) in [4.78, 5) is 18.8. The van der Waals surface area contributed by atoms with Crippen LogP contribution in [0.25, 0.3) is 11.1 Å². The molecule has 5 nitrogen and oxygen atoms in total. The lowest BCUT2D eigenvalue weighted by Gasteiger charge is -2.28. The maximum absolute atomic E-state index is 12.5. The van der Waals surface area contributed by atoms with E-state index in [1.54, 1.807) is 12.4 Å². The summed E-state index contributed by atoms with van der Waals surface area (Å²) in [5, 5.41) is 3.79. The van der Waals surface area contributed by atoms with Crippen molar-refractivity contribution in [2.75, 3.05) is 26.7 Å². The highest BCUT2D eigenvalue weighted by Crippen LogP contribution is 2.40. The van der Waals surface area contributed by atoms with E-state index in [-0.39, 0.29) is 17.9 Å². The lowest BCUT2D eigenvalue weighted by molar-refractivity contribution is -0.126. The summed E-state index contributed by atoms with van der Waals surface area (Å²) in [6.45, 7) is 2.49. The van der Waals surface area contributed by atoms with Crippen molar-refractivity contribution >= 4 is 17.5 Å². The quantitative estimate of drug-likeness (QED) is 0.878. The monoisotopic (exact) mass is 385 g/mol. The summed E-state index contributed by atoms with van der Waals surface area (Å²) in [5.41, 5.74) is 3.09. The highest BCUT2D eigenvalue weighted by molar-refractivity contribution is 6.31. The minimum atomic E-state index is -0.0609. The lowest BCUT2D eigenvalue weighted by atomic mass is 9.96. The number of aromatic nitrogens is 1. The molecule has 0 bridgehead atoms. The fourth-order valence-corrected chi connectivity index (χ4v) is 4.12. The molecule has 27 heavy (non-hydrogen) atoms. The zero-order chi connectivity index (χ0) is 18.8. The Labute approximate surface area is 164 Å². The molecular weight excluding hydrogens is 362 g/mol. The molecule has 0 spiro atoms. The van der Waals surface area contributed by atoms with E-state index in [1.165, 1.54) is 0 Å². The number of nitrogens with one attached hydrogen (secondary N) is 1. The fourth-order valence-electron chi connectivity index (χ4n) is 3.88. The molecule has 1 amide bonds. The van der Waals surface area contributed by atoms with Crippen molar-refractivity contribution in [3.8, 4) is 16.9 Å². The largest absolute Gasteiger partial charge is 0.487 e. The number of carbonyl (C=O) groups is 1. The van der Waals surface area contributed by atoms with Gasteiger partial charge < -0.3 is 15.0 Å². The number of rotatable bonds is 4. The van der Waals surface area contributed by atoms with Crippen LogP contribution < -0.4 is 10.1 Å². The van der Waals surface area contributed by atoms with Crippen LogP contribution in [0.15, 0.2) is 36.7 Å². The summed E-state index contributed by atoms with van der Waals surface area (Å²) in [6, 6.07) is 7.78. The average Bonchev–Trinajstić information content (AvgIpc) is 3.09. The van der Waals surface area contributed by atoms with Crippen molar-refractivity contribution in [1.29, 1.82) is 0 Å². The Morgan fingerprint density at radius 3 is 2.78 bits per heavy atom. The van der Waals surface area contributed by atoms with Gasteiger partial charge in [-0.3, -0.25) is 9.78 Å². The molecule has 2 aliphatic heterocycles. The number of benzene rings is 1. The summed E-state index contributed by atoms with van der Waals surface area (Å²) in [6.07, 6.45) is 6.07. The number of amides is 1. The minimum absolute atomic E-state index is 0.0609. The number of nitrogens with zero attached hydrogens (tertiary/aromatic N) is 2. The molecule has 1 fully saturated rings. The number of halogens is 1. The molecule has 2 aromatic rings. The first kappa shape index (κ1) is 18.3. The zero-order valence-electron chi connectivity index (χ0n) is 15.5. The van der Waals surface area contributed by atoms with E-state index < -0.39 is 0 Å². The van der Waals surface area contributed by atoms with Crippen molar-refractivity contribution in [3.05, 3.63) is 47.2 Å². The van der Waals surface area contributed by atoms with Gasteiger partial charge in [0.2, 0.25) is 5.91 Å². The van der Waals surface area contributed by atoms with Crippen LogP contribution in [0.4, 0.5) is 0 Å². The van der Waals surface area contributed by atoms with Crippen molar-refractivity contribution in [2.24, 2.45) is 5.92 Å². The zero-order valence-corrected chi connectivity index (χ0v) is 16.2. The number of ether oxygens (including phenoxy) is 1. The molecule has 0 radical (unpaired) electrons. The van der Waals surface area contributed by atoms with E-state index in [9.17, 15) is 4.79 Å². The smallest absolute Gasteiger partial charge is 0.223 e. The number of fused-ring (bicyclic) bond motifs is 1. The second-order valence-electron chi connectivity index (χ2n) is 7.44. The highest BCUT2D eigenvalue weighted by atomic mass is 35.5. The first-order valence-corrected chi connectivity index (χ1v) is 9.83. The predicted octanol–water partition coefficient (Wildman–Crippen LogP) is 3.16. The maximum Gasteiger partial charge on any atom is 0.223 e. The van der Waals surface area contributed by atoms with Gasteiger partial charge in [-0.05, 0) is 62.8 Å². The van der Waals surface area contributed by atoms with Gasteiger partial charge in [-0.15, -0.1) is 0 Å². The van der Waals surface area contributed by atoms with Gasteiger partial charge in [0.05, 0.1) is 6.54 Å². The molecule has 1 aromatic heterocycles. The molecule has 1 aromatic carbocycles. The molecule has 1 atom stereocenters. The van der Waals surface area contributed by atoms with Gasteiger partial charge in [-0.25, -0.2) is 0 Å². The molecule has 6 heteroatoms. The molecule has 0 unspecified atom stereocenters. The van der Waals surface area contributed by atoms with E-state index in [1.807, 2.05) is 24.3 Å². The van der Waals surface area contributed by atoms with Crippen LogP contribution in [-0.2, 0) is 11.2 Å². The minimum Gasteiger partial charge on any atom is -0.487 e. The topological polar surface area (TPSA) is 54.5 Å². The van der Waals surface area contributed by atoms with Crippen LogP contribution in [-0.4, -0.2) is 48.6 Å². The molecule has 142 valence electrons.